The van der Waals surface area contributed by atoms with Crippen molar-refractivity contribution in [1.29, 1.82) is 0 Å². The minimum absolute atomic E-state index is 1.10. The van der Waals surface area contributed by atoms with Crippen molar-refractivity contribution in [3.05, 3.63) is 132 Å². The Labute approximate surface area is 206 Å². The third-order valence-corrected chi connectivity index (χ3v) is 5.36. The summed E-state index contributed by atoms with van der Waals surface area (Å²) in [6.07, 6.45) is 12.6. The van der Waals surface area contributed by atoms with Gasteiger partial charge < -0.3 is 10.6 Å². The van der Waals surface area contributed by atoms with E-state index in [1.54, 1.807) is 0 Å². The summed E-state index contributed by atoms with van der Waals surface area (Å²) in [5.74, 6) is 0. The highest BCUT2D eigenvalue weighted by atomic mass is 14.9. The Morgan fingerprint density at radius 1 is 0.559 bits per heavy atom. The van der Waals surface area contributed by atoms with Gasteiger partial charge in [0.15, 0.2) is 0 Å². The smallest absolute Gasteiger partial charge is 0.0461 e. The fourth-order valence-corrected chi connectivity index (χ4v) is 3.14. The summed E-state index contributed by atoms with van der Waals surface area (Å²) in [6.45, 7) is 12.5. The summed E-state index contributed by atoms with van der Waals surface area (Å²) in [5.41, 5.74) is 6.92. The molecule has 0 saturated carbocycles. The molecule has 0 amide bonds. The molecular weight excluding hydrogens is 412 g/mol. The molecule has 2 nitrogen and oxygen atoms in total. The molecule has 0 fully saturated rings. The zero-order valence-corrected chi connectivity index (χ0v) is 21.4. The van der Waals surface area contributed by atoms with Crippen LogP contribution in [0.15, 0.2) is 132 Å². The van der Waals surface area contributed by atoms with E-state index in [4.69, 9.17) is 0 Å². The van der Waals surface area contributed by atoms with Gasteiger partial charge >= 0.3 is 0 Å². The first kappa shape index (κ1) is 26.5. The third kappa shape index (κ3) is 8.99. The van der Waals surface area contributed by atoms with Gasteiger partial charge in [-0.25, -0.2) is 0 Å². The van der Waals surface area contributed by atoms with Crippen LogP contribution in [0.1, 0.15) is 41.5 Å². The number of fused-ring (bicyclic) bond motifs is 1. The van der Waals surface area contributed by atoms with Crippen LogP contribution >= 0.6 is 0 Å². The second kappa shape index (κ2) is 14.4. The number of hydrogen-bond acceptors (Lipinski definition) is 2. The molecule has 176 valence electrons. The standard InChI is InChI=1S/C28H30N2.C4H8/c1-21(17-19-23(3)29-26-13-6-5-7-14-26)22(2)18-20-24(4)30-28-16-10-12-25-11-8-9-15-27(25)28;1-3-4-2/h5-20,29-30H,1-4H3;3-4H,1-2H3/b21-17+,22-18+,23-19+,24-20+;4-3-. The second-order valence-corrected chi connectivity index (χ2v) is 8.21. The largest absolute Gasteiger partial charge is 0.359 e. The fraction of sp³-hybridized carbons (Fsp3) is 0.188. The molecule has 34 heavy (non-hydrogen) atoms. The molecule has 0 unspecified atom stereocenters. The maximum Gasteiger partial charge on any atom is 0.0461 e. The SMILES string of the molecule is C/C=C\C.C\C(=C/C=C(C)/C(C)=C/C=C(\C)Nc1cccc2ccccc12)Nc1ccccc1. The number of hydrogen-bond donors (Lipinski definition) is 2. The van der Waals surface area contributed by atoms with Gasteiger partial charge in [-0.2, -0.15) is 0 Å². The van der Waals surface area contributed by atoms with Gasteiger partial charge in [0, 0.05) is 28.2 Å². The first-order valence-corrected chi connectivity index (χ1v) is 11.8. The van der Waals surface area contributed by atoms with E-state index in [1.807, 2.05) is 44.2 Å². The van der Waals surface area contributed by atoms with E-state index in [9.17, 15) is 0 Å². The van der Waals surface area contributed by atoms with Crippen molar-refractivity contribution in [3.63, 3.8) is 0 Å². The van der Waals surface area contributed by atoms with Gasteiger partial charge in [-0.3, -0.25) is 0 Å². The number of anilines is 2. The lowest BCUT2D eigenvalue weighted by atomic mass is 10.1. The highest BCUT2D eigenvalue weighted by molar-refractivity contribution is 5.94. The Kier molecular flexibility index (Phi) is 11.2. The second-order valence-electron chi connectivity index (χ2n) is 8.21. The maximum absolute atomic E-state index is 3.53. The van der Waals surface area contributed by atoms with Crippen LogP contribution in [0.3, 0.4) is 0 Å². The molecule has 2 heteroatoms. The van der Waals surface area contributed by atoms with E-state index in [2.05, 4.69) is 117 Å². The minimum atomic E-state index is 1.10. The van der Waals surface area contributed by atoms with E-state index >= 15 is 0 Å². The molecule has 0 spiro atoms. The van der Waals surface area contributed by atoms with Crippen LogP contribution in [0.2, 0.25) is 0 Å². The lowest BCUT2D eigenvalue weighted by Crippen LogP contribution is -1.96. The van der Waals surface area contributed by atoms with Crippen LogP contribution in [-0.2, 0) is 0 Å². The van der Waals surface area contributed by atoms with E-state index in [1.165, 1.54) is 21.9 Å². The molecule has 3 aromatic rings. The molecule has 0 aromatic heterocycles. The number of nitrogens with one attached hydrogen (secondary N) is 2. The molecule has 3 rings (SSSR count). The van der Waals surface area contributed by atoms with Gasteiger partial charge in [0.05, 0.1) is 0 Å². The van der Waals surface area contributed by atoms with Crippen molar-refractivity contribution >= 4 is 22.1 Å². The van der Waals surface area contributed by atoms with Gasteiger partial charge in [0.25, 0.3) is 0 Å². The van der Waals surface area contributed by atoms with Crippen LogP contribution in [0.4, 0.5) is 11.4 Å². The van der Waals surface area contributed by atoms with E-state index < -0.39 is 0 Å². The van der Waals surface area contributed by atoms with Crippen molar-refractivity contribution in [2.45, 2.75) is 41.5 Å². The van der Waals surface area contributed by atoms with Crippen LogP contribution in [0, 0.1) is 0 Å². The summed E-state index contributed by atoms with van der Waals surface area (Å²) in [6, 6.07) is 25.0. The quantitative estimate of drug-likeness (QED) is 0.276. The fourth-order valence-electron chi connectivity index (χ4n) is 3.14. The number of allylic oxidation sites excluding steroid dienone is 10. The Balaban J connectivity index is 0.000000945. The topological polar surface area (TPSA) is 24.1 Å². The van der Waals surface area contributed by atoms with Crippen molar-refractivity contribution in [1.82, 2.24) is 0 Å². The Hall–Kier alpha value is -3.78. The average molecular weight is 451 g/mol. The lowest BCUT2D eigenvalue weighted by Gasteiger charge is -2.10. The van der Waals surface area contributed by atoms with Crippen molar-refractivity contribution in [3.8, 4) is 0 Å². The summed E-state index contributed by atoms with van der Waals surface area (Å²) in [4.78, 5) is 0. The molecule has 0 bridgehead atoms. The molecule has 0 aliphatic rings. The van der Waals surface area contributed by atoms with Crippen LogP contribution in [-0.4, -0.2) is 0 Å². The summed E-state index contributed by atoms with van der Waals surface area (Å²) in [7, 11) is 0. The normalized spacial score (nSPS) is 13.0. The summed E-state index contributed by atoms with van der Waals surface area (Å²) in [5, 5.41) is 9.41. The van der Waals surface area contributed by atoms with Gasteiger partial charge in [-0.05, 0) is 88.4 Å². The highest BCUT2D eigenvalue weighted by Crippen LogP contribution is 2.24. The van der Waals surface area contributed by atoms with Crippen LogP contribution in [0.25, 0.3) is 10.8 Å². The maximum atomic E-state index is 3.53. The third-order valence-electron chi connectivity index (χ3n) is 5.36. The zero-order valence-electron chi connectivity index (χ0n) is 21.4. The van der Waals surface area contributed by atoms with Crippen molar-refractivity contribution < 1.29 is 0 Å². The molecule has 3 aromatic carbocycles. The molecule has 0 saturated heterocycles. The van der Waals surface area contributed by atoms with E-state index in [0.717, 1.165) is 22.8 Å². The molecule has 0 aliphatic carbocycles. The minimum Gasteiger partial charge on any atom is -0.359 e. The Bertz CT molecular complexity index is 1180. The molecule has 0 atom stereocenters. The molecular formula is C32H38N2. The molecule has 2 N–H and O–H groups in total. The van der Waals surface area contributed by atoms with Gasteiger partial charge in [0.1, 0.15) is 0 Å². The number of para-hydroxylation sites is 1. The summed E-state index contributed by atoms with van der Waals surface area (Å²) >= 11 is 0. The number of benzene rings is 3. The van der Waals surface area contributed by atoms with Crippen LogP contribution in [0.5, 0.6) is 0 Å². The zero-order chi connectivity index (χ0) is 24.8. The van der Waals surface area contributed by atoms with E-state index in [-0.39, 0.29) is 0 Å². The number of rotatable bonds is 7. The Morgan fingerprint density at radius 3 is 1.71 bits per heavy atom. The lowest BCUT2D eigenvalue weighted by molar-refractivity contribution is 1.31. The monoisotopic (exact) mass is 450 g/mol. The molecule has 0 heterocycles. The molecule has 0 radical (unpaired) electrons. The predicted molar refractivity (Wildman–Crippen MR) is 153 cm³/mol. The van der Waals surface area contributed by atoms with Gasteiger partial charge in [-0.15, -0.1) is 0 Å². The van der Waals surface area contributed by atoms with Crippen molar-refractivity contribution in [2.24, 2.45) is 0 Å². The summed E-state index contributed by atoms with van der Waals surface area (Å²) < 4.78 is 0. The first-order valence-electron chi connectivity index (χ1n) is 11.8. The first-order chi connectivity index (χ1) is 16.4. The molecule has 0 aliphatic heterocycles. The van der Waals surface area contributed by atoms with Crippen molar-refractivity contribution in [2.75, 3.05) is 10.6 Å². The van der Waals surface area contributed by atoms with Gasteiger partial charge in [-0.1, -0.05) is 78.9 Å². The van der Waals surface area contributed by atoms with E-state index in [0.29, 0.717) is 0 Å². The van der Waals surface area contributed by atoms with Gasteiger partial charge in [0.2, 0.25) is 0 Å². The Morgan fingerprint density at radius 2 is 1.09 bits per heavy atom. The predicted octanol–water partition coefficient (Wildman–Crippen LogP) is 9.65. The highest BCUT2D eigenvalue weighted by Gasteiger charge is 2.00. The average Bonchev–Trinajstić information content (AvgIpc) is 2.86. The van der Waals surface area contributed by atoms with Crippen LogP contribution < -0.4 is 10.6 Å².